The molecule has 4 aliphatic rings. The van der Waals surface area contributed by atoms with Crippen molar-refractivity contribution >= 4 is 17.7 Å². The van der Waals surface area contributed by atoms with E-state index in [4.69, 9.17) is 0 Å². The number of carboxylic acid groups (broad SMARTS) is 1. The van der Waals surface area contributed by atoms with Crippen LogP contribution in [0, 0.1) is 46.3 Å². The van der Waals surface area contributed by atoms with Crippen molar-refractivity contribution in [2.45, 2.75) is 91.1 Å². The second-order valence-electron chi connectivity index (χ2n) is 11.9. The quantitative estimate of drug-likeness (QED) is 0.652. The molecule has 4 rings (SSSR count). The van der Waals surface area contributed by atoms with Gasteiger partial charge in [-0.3, -0.25) is 9.59 Å². The Labute approximate surface area is 191 Å². The Hall–Kier alpha value is -1.43. The minimum Gasteiger partial charge on any atom is -0.548 e. The summed E-state index contributed by atoms with van der Waals surface area (Å²) in [6, 6.07) is 0. The molecule has 0 aromatic rings. The zero-order chi connectivity index (χ0) is 23.3. The summed E-state index contributed by atoms with van der Waals surface area (Å²) in [5, 5.41) is 23.2. The van der Waals surface area contributed by atoms with Crippen LogP contribution in [0.25, 0.3) is 0 Å². The number of aliphatic hydroxyl groups excluding tert-OH is 1. The first-order valence-corrected chi connectivity index (χ1v) is 12.7. The van der Waals surface area contributed by atoms with Crippen molar-refractivity contribution < 1.29 is 24.6 Å². The Morgan fingerprint density at radius 3 is 2.53 bits per heavy atom. The molecule has 0 spiro atoms. The molecular formula is C26H40NO5-. The number of ketones is 1. The Morgan fingerprint density at radius 2 is 1.81 bits per heavy atom. The van der Waals surface area contributed by atoms with Gasteiger partial charge < -0.3 is 20.3 Å². The first kappa shape index (κ1) is 23.7. The van der Waals surface area contributed by atoms with Crippen LogP contribution in [-0.4, -0.2) is 35.4 Å². The standard InChI is InChI=1S/C26H41NO5/c1-15(4-7-22(30)27-14-23(31)32)18-5-6-19-24-20(9-11-26(18,19)3)25(2)10-8-17(28)12-16(25)13-21(24)29/h15-20,24,28H,4-14H2,1-3H3,(H,27,30)(H,31,32)/p-1/t15-,16+,17-,18-,19+,20+,24+,25+,26-/m1/s1. The van der Waals surface area contributed by atoms with Gasteiger partial charge in [0.1, 0.15) is 5.78 Å². The predicted molar refractivity (Wildman–Crippen MR) is 118 cm³/mol. The molecule has 4 aliphatic carbocycles. The molecular weight excluding hydrogens is 406 g/mol. The minimum atomic E-state index is -1.27. The van der Waals surface area contributed by atoms with Crippen LogP contribution in [0.4, 0.5) is 0 Å². The van der Waals surface area contributed by atoms with Crippen LogP contribution >= 0.6 is 0 Å². The molecule has 4 saturated carbocycles. The van der Waals surface area contributed by atoms with E-state index in [2.05, 4.69) is 26.1 Å². The van der Waals surface area contributed by atoms with E-state index in [0.29, 0.717) is 48.2 Å². The predicted octanol–water partition coefficient (Wildman–Crippen LogP) is 2.47. The SMILES string of the molecule is C[C@H](CCC(=O)NCC(=O)[O-])[C@H]1CC[C@H]2[C@@H]3C(=O)C[C@@H]4C[C@H](O)CC[C@]4(C)[C@H]3CC[C@]12C. The number of fused-ring (bicyclic) bond motifs is 5. The maximum absolute atomic E-state index is 13.4. The fourth-order valence-electron chi connectivity index (χ4n) is 8.70. The first-order valence-electron chi connectivity index (χ1n) is 12.7. The summed E-state index contributed by atoms with van der Waals surface area (Å²) < 4.78 is 0. The molecule has 9 atom stereocenters. The van der Waals surface area contributed by atoms with E-state index >= 15 is 0 Å². The summed E-state index contributed by atoms with van der Waals surface area (Å²) >= 11 is 0. The summed E-state index contributed by atoms with van der Waals surface area (Å²) in [6.45, 7) is 6.58. The molecule has 0 aromatic carbocycles. The molecule has 6 heteroatoms. The molecule has 180 valence electrons. The van der Waals surface area contributed by atoms with Gasteiger partial charge in [-0.15, -0.1) is 0 Å². The average Bonchev–Trinajstić information content (AvgIpc) is 3.09. The summed E-state index contributed by atoms with van der Waals surface area (Å²) in [6.07, 6.45) is 8.61. The Kier molecular flexibility index (Phi) is 6.47. The fourth-order valence-corrected chi connectivity index (χ4v) is 8.70. The van der Waals surface area contributed by atoms with Crippen LogP contribution in [0.1, 0.15) is 85.0 Å². The van der Waals surface area contributed by atoms with Gasteiger partial charge in [0.05, 0.1) is 18.6 Å². The number of Topliss-reactive ketones (excluding diaryl/α,β-unsaturated/α-hetero) is 1. The van der Waals surface area contributed by atoms with Gasteiger partial charge in [0, 0.05) is 18.8 Å². The van der Waals surface area contributed by atoms with Crippen LogP contribution in [0.15, 0.2) is 0 Å². The Bertz CT molecular complexity index is 767. The summed E-state index contributed by atoms with van der Waals surface area (Å²) in [5.41, 5.74) is 0.314. The summed E-state index contributed by atoms with van der Waals surface area (Å²) in [7, 11) is 0. The van der Waals surface area contributed by atoms with Crippen LogP contribution < -0.4 is 10.4 Å². The number of aliphatic carboxylic acids is 1. The van der Waals surface area contributed by atoms with Crippen molar-refractivity contribution in [2.24, 2.45) is 46.3 Å². The molecule has 0 saturated heterocycles. The summed E-state index contributed by atoms with van der Waals surface area (Å²) in [5.74, 6) is 1.17. The molecule has 6 nitrogen and oxygen atoms in total. The maximum atomic E-state index is 13.4. The second kappa shape index (κ2) is 8.73. The van der Waals surface area contributed by atoms with Gasteiger partial charge in [-0.25, -0.2) is 0 Å². The monoisotopic (exact) mass is 446 g/mol. The topological polar surface area (TPSA) is 107 Å². The zero-order valence-corrected chi connectivity index (χ0v) is 19.9. The molecule has 0 aromatic heterocycles. The molecule has 0 aliphatic heterocycles. The molecule has 0 radical (unpaired) electrons. The van der Waals surface area contributed by atoms with Crippen molar-refractivity contribution in [2.75, 3.05) is 6.54 Å². The number of hydrogen-bond donors (Lipinski definition) is 2. The van der Waals surface area contributed by atoms with E-state index in [-0.39, 0.29) is 28.8 Å². The number of carboxylic acids is 1. The smallest absolute Gasteiger partial charge is 0.220 e. The third-order valence-corrected chi connectivity index (χ3v) is 10.5. The van der Waals surface area contributed by atoms with Crippen LogP contribution in [-0.2, 0) is 14.4 Å². The van der Waals surface area contributed by atoms with Crippen LogP contribution in [0.3, 0.4) is 0 Å². The third kappa shape index (κ3) is 4.01. The second-order valence-corrected chi connectivity index (χ2v) is 11.9. The third-order valence-electron chi connectivity index (χ3n) is 10.5. The number of amides is 1. The van der Waals surface area contributed by atoms with Crippen molar-refractivity contribution in [1.29, 1.82) is 0 Å². The largest absolute Gasteiger partial charge is 0.548 e. The maximum Gasteiger partial charge on any atom is 0.220 e. The van der Waals surface area contributed by atoms with Crippen molar-refractivity contribution in [3.8, 4) is 0 Å². The Morgan fingerprint density at radius 1 is 1.12 bits per heavy atom. The lowest BCUT2D eigenvalue weighted by Gasteiger charge is -2.60. The molecule has 32 heavy (non-hydrogen) atoms. The Balaban J connectivity index is 1.44. The van der Waals surface area contributed by atoms with E-state index in [0.717, 1.165) is 51.4 Å². The van der Waals surface area contributed by atoms with Gasteiger partial charge in [0.2, 0.25) is 5.91 Å². The summed E-state index contributed by atoms with van der Waals surface area (Å²) in [4.78, 5) is 36.0. The van der Waals surface area contributed by atoms with Gasteiger partial charge in [0.25, 0.3) is 0 Å². The van der Waals surface area contributed by atoms with E-state index < -0.39 is 12.5 Å². The number of hydrogen-bond acceptors (Lipinski definition) is 5. The van der Waals surface area contributed by atoms with Crippen LogP contribution in [0.5, 0.6) is 0 Å². The minimum absolute atomic E-state index is 0.134. The van der Waals surface area contributed by atoms with E-state index in [9.17, 15) is 24.6 Å². The lowest BCUT2D eigenvalue weighted by molar-refractivity contribution is -0.304. The highest BCUT2D eigenvalue weighted by atomic mass is 16.4. The van der Waals surface area contributed by atoms with Gasteiger partial charge >= 0.3 is 0 Å². The molecule has 0 bridgehead atoms. The molecule has 4 fully saturated rings. The number of aliphatic hydroxyl groups is 1. The lowest BCUT2D eigenvalue weighted by Crippen LogP contribution is -2.57. The highest BCUT2D eigenvalue weighted by Gasteiger charge is 2.62. The number of rotatable bonds is 6. The molecule has 1 amide bonds. The van der Waals surface area contributed by atoms with Crippen molar-refractivity contribution in [1.82, 2.24) is 5.32 Å². The highest BCUT2D eigenvalue weighted by Crippen LogP contribution is 2.67. The highest BCUT2D eigenvalue weighted by molar-refractivity contribution is 5.83. The van der Waals surface area contributed by atoms with Gasteiger partial charge in [0.15, 0.2) is 0 Å². The first-order chi connectivity index (χ1) is 15.1. The average molecular weight is 447 g/mol. The number of carbonyl (C=O) groups is 3. The van der Waals surface area contributed by atoms with Gasteiger partial charge in [-0.05, 0) is 91.8 Å². The van der Waals surface area contributed by atoms with E-state index in [1.807, 2.05) is 0 Å². The van der Waals surface area contributed by atoms with E-state index in [1.54, 1.807) is 0 Å². The molecule has 2 N–H and O–H groups in total. The van der Waals surface area contributed by atoms with E-state index in [1.165, 1.54) is 0 Å². The fraction of sp³-hybridized carbons (Fsp3) is 0.885. The number of carbonyl (C=O) groups excluding carboxylic acids is 3. The van der Waals surface area contributed by atoms with Crippen molar-refractivity contribution in [3.05, 3.63) is 0 Å². The lowest BCUT2D eigenvalue weighted by atomic mass is 9.44. The number of nitrogens with one attached hydrogen (secondary N) is 1. The van der Waals surface area contributed by atoms with Crippen LogP contribution in [0.2, 0.25) is 0 Å². The van der Waals surface area contributed by atoms with Gasteiger partial charge in [-0.2, -0.15) is 0 Å². The zero-order valence-electron chi connectivity index (χ0n) is 19.9. The van der Waals surface area contributed by atoms with Gasteiger partial charge in [-0.1, -0.05) is 20.8 Å². The molecule has 0 heterocycles. The normalized spacial score (nSPS) is 44.2. The molecule has 0 unspecified atom stereocenters. The van der Waals surface area contributed by atoms with Crippen molar-refractivity contribution in [3.63, 3.8) is 0 Å².